The molecule has 0 spiro atoms. The molecule has 1 heterocycles. The van der Waals surface area contributed by atoms with Gasteiger partial charge in [-0.05, 0) is 37.6 Å². The van der Waals surface area contributed by atoms with Crippen LogP contribution in [0.2, 0.25) is 0 Å². The number of likely N-dealkylation sites (N-methyl/N-ethyl adjacent to an activating group) is 1. The van der Waals surface area contributed by atoms with Gasteiger partial charge in [-0.25, -0.2) is 8.42 Å². The van der Waals surface area contributed by atoms with Crippen LogP contribution in [0.5, 0.6) is 0 Å². The Morgan fingerprint density at radius 1 is 1.08 bits per heavy atom. The number of halogens is 1. The second-order valence-electron chi connectivity index (χ2n) is 5.74. The Hall–Kier alpha value is -1.15. The van der Waals surface area contributed by atoms with E-state index in [0.29, 0.717) is 24.5 Å². The third-order valence-corrected chi connectivity index (χ3v) is 5.85. The number of hydrogen-bond acceptors (Lipinski definition) is 4. The minimum Gasteiger partial charge on any atom is -0.355 e. The second-order valence-corrected chi connectivity index (χ2v) is 7.68. The lowest BCUT2D eigenvalue weighted by Gasteiger charge is -2.25. The summed E-state index contributed by atoms with van der Waals surface area (Å²) in [4.78, 5) is 12.1. The molecule has 0 radical (unpaired) electrons. The maximum absolute atomic E-state index is 12.5. The first kappa shape index (κ1) is 20.9. The first-order chi connectivity index (χ1) is 11.0. The average molecular weight is 376 g/mol. The molecular formula is C16H26ClN3O3S. The lowest BCUT2D eigenvalue weighted by atomic mass is 10.1. The number of nitrogens with one attached hydrogen (secondary N) is 2. The predicted octanol–water partition coefficient (Wildman–Crippen LogP) is 1.16. The largest absolute Gasteiger partial charge is 0.355 e. The molecule has 1 fully saturated rings. The average Bonchev–Trinajstić information content (AvgIpc) is 2.56. The maximum Gasteiger partial charge on any atom is 0.243 e. The molecule has 1 aliphatic heterocycles. The Morgan fingerprint density at radius 2 is 1.71 bits per heavy atom. The van der Waals surface area contributed by atoms with Crippen LogP contribution < -0.4 is 10.6 Å². The summed E-state index contributed by atoms with van der Waals surface area (Å²) < 4.78 is 26.6. The van der Waals surface area contributed by atoms with Crippen molar-refractivity contribution in [2.75, 3.05) is 33.2 Å². The molecule has 0 atom stereocenters. The molecule has 8 heteroatoms. The lowest BCUT2D eigenvalue weighted by Crippen LogP contribution is -2.35. The van der Waals surface area contributed by atoms with Gasteiger partial charge in [0.05, 0.1) is 11.3 Å². The Morgan fingerprint density at radius 3 is 2.29 bits per heavy atom. The van der Waals surface area contributed by atoms with Gasteiger partial charge in [-0.2, -0.15) is 4.31 Å². The van der Waals surface area contributed by atoms with Gasteiger partial charge in [-0.3, -0.25) is 4.79 Å². The number of carbonyl (C=O) groups is 1. The van der Waals surface area contributed by atoms with Gasteiger partial charge in [-0.1, -0.05) is 18.6 Å². The van der Waals surface area contributed by atoms with Crippen molar-refractivity contribution in [3.8, 4) is 0 Å². The van der Waals surface area contributed by atoms with Crippen molar-refractivity contribution < 1.29 is 13.2 Å². The molecule has 6 nitrogen and oxygen atoms in total. The zero-order chi connectivity index (χ0) is 16.7. The van der Waals surface area contributed by atoms with E-state index in [1.165, 1.54) is 0 Å². The minimum atomic E-state index is -3.40. The van der Waals surface area contributed by atoms with Gasteiger partial charge in [0.15, 0.2) is 0 Å². The first-order valence-electron chi connectivity index (χ1n) is 8.04. The molecule has 0 unspecified atom stereocenters. The molecular weight excluding hydrogens is 350 g/mol. The minimum absolute atomic E-state index is 0. The fraction of sp³-hybridized carbons (Fsp3) is 0.562. The van der Waals surface area contributed by atoms with Crippen LogP contribution in [0.3, 0.4) is 0 Å². The van der Waals surface area contributed by atoms with Gasteiger partial charge < -0.3 is 10.6 Å². The fourth-order valence-corrected chi connectivity index (χ4v) is 4.13. The Labute approximate surface area is 150 Å². The second kappa shape index (κ2) is 9.98. The summed E-state index contributed by atoms with van der Waals surface area (Å²) >= 11 is 0. The topological polar surface area (TPSA) is 78.5 Å². The van der Waals surface area contributed by atoms with Crippen LogP contribution in [0.25, 0.3) is 0 Å². The Balaban J connectivity index is 0.00000288. The van der Waals surface area contributed by atoms with Gasteiger partial charge in [-0.15, -0.1) is 12.4 Å². The monoisotopic (exact) mass is 375 g/mol. The summed E-state index contributed by atoms with van der Waals surface area (Å²) in [7, 11) is -1.57. The number of sulfonamides is 1. The molecule has 136 valence electrons. The summed E-state index contributed by atoms with van der Waals surface area (Å²) in [5.74, 6) is -0.0631. The quantitative estimate of drug-likeness (QED) is 0.701. The van der Waals surface area contributed by atoms with Crippen molar-refractivity contribution in [3.63, 3.8) is 0 Å². The van der Waals surface area contributed by atoms with Crippen molar-refractivity contribution >= 4 is 28.3 Å². The van der Waals surface area contributed by atoms with E-state index in [9.17, 15) is 13.2 Å². The van der Waals surface area contributed by atoms with E-state index in [1.54, 1.807) is 28.6 Å². The number of piperidine rings is 1. The molecule has 2 rings (SSSR count). The molecule has 2 N–H and O–H groups in total. The summed E-state index contributed by atoms with van der Waals surface area (Å²) in [5.41, 5.74) is 0.810. The fourth-order valence-electron chi connectivity index (χ4n) is 2.61. The number of rotatable bonds is 7. The van der Waals surface area contributed by atoms with Gasteiger partial charge in [0.2, 0.25) is 15.9 Å². The number of nitrogens with zero attached hydrogens (tertiary/aromatic N) is 1. The van der Waals surface area contributed by atoms with E-state index in [-0.39, 0.29) is 24.7 Å². The van der Waals surface area contributed by atoms with Gasteiger partial charge in [0.25, 0.3) is 0 Å². The Kier molecular flexibility index (Phi) is 8.69. The van der Waals surface area contributed by atoms with Crippen molar-refractivity contribution in [1.82, 2.24) is 14.9 Å². The van der Waals surface area contributed by atoms with Crippen LogP contribution in [0, 0.1) is 0 Å². The number of carbonyl (C=O) groups excluding carboxylic acids is 1. The zero-order valence-corrected chi connectivity index (χ0v) is 15.6. The first-order valence-corrected chi connectivity index (χ1v) is 9.48. The number of benzene rings is 1. The highest BCUT2D eigenvalue weighted by Crippen LogP contribution is 2.20. The molecule has 0 bridgehead atoms. The van der Waals surface area contributed by atoms with Crippen LogP contribution in [0.1, 0.15) is 24.8 Å². The van der Waals surface area contributed by atoms with Crippen LogP contribution in [-0.4, -0.2) is 51.9 Å². The molecule has 0 aliphatic carbocycles. The standard InChI is InChI=1S/C16H25N3O3S.ClH/c1-17-9-10-18-16(20)13-14-5-7-15(8-6-14)23(21,22)19-11-3-2-4-12-19;/h5-8,17H,2-4,9-13H2,1H3,(H,18,20);1H. The third kappa shape index (κ3) is 5.73. The van der Waals surface area contributed by atoms with Crippen LogP contribution >= 0.6 is 12.4 Å². The SMILES string of the molecule is CNCCNC(=O)Cc1ccc(S(=O)(=O)N2CCCCC2)cc1.Cl. The van der Waals surface area contributed by atoms with E-state index < -0.39 is 10.0 Å². The van der Waals surface area contributed by atoms with E-state index >= 15 is 0 Å². The maximum atomic E-state index is 12.5. The smallest absolute Gasteiger partial charge is 0.243 e. The van der Waals surface area contributed by atoms with Gasteiger partial charge in [0.1, 0.15) is 0 Å². The number of hydrogen-bond donors (Lipinski definition) is 2. The van der Waals surface area contributed by atoms with E-state index in [4.69, 9.17) is 0 Å². The zero-order valence-electron chi connectivity index (χ0n) is 14.0. The van der Waals surface area contributed by atoms with Crippen molar-refractivity contribution in [2.24, 2.45) is 0 Å². The van der Waals surface area contributed by atoms with Gasteiger partial charge in [0, 0.05) is 26.2 Å². The predicted molar refractivity (Wildman–Crippen MR) is 96.9 cm³/mol. The highest BCUT2D eigenvalue weighted by molar-refractivity contribution is 7.89. The van der Waals surface area contributed by atoms with Crippen molar-refractivity contribution in [3.05, 3.63) is 29.8 Å². The van der Waals surface area contributed by atoms with Crippen molar-refractivity contribution in [2.45, 2.75) is 30.6 Å². The van der Waals surface area contributed by atoms with Crippen molar-refractivity contribution in [1.29, 1.82) is 0 Å². The third-order valence-electron chi connectivity index (χ3n) is 3.94. The van der Waals surface area contributed by atoms with E-state index in [0.717, 1.165) is 31.4 Å². The lowest BCUT2D eigenvalue weighted by molar-refractivity contribution is -0.120. The highest BCUT2D eigenvalue weighted by Gasteiger charge is 2.25. The van der Waals surface area contributed by atoms with Gasteiger partial charge >= 0.3 is 0 Å². The summed E-state index contributed by atoms with van der Waals surface area (Å²) in [6, 6.07) is 6.63. The van der Waals surface area contributed by atoms with Crippen LogP contribution in [-0.2, 0) is 21.2 Å². The van der Waals surface area contributed by atoms with E-state index in [1.807, 2.05) is 7.05 Å². The molecule has 24 heavy (non-hydrogen) atoms. The molecule has 0 aromatic heterocycles. The summed E-state index contributed by atoms with van der Waals surface area (Å²) in [5, 5.41) is 5.76. The highest BCUT2D eigenvalue weighted by atomic mass is 35.5. The molecule has 1 amide bonds. The summed E-state index contributed by atoms with van der Waals surface area (Å²) in [6.45, 7) is 2.49. The number of amides is 1. The van der Waals surface area contributed by atoms with Crippen LogP contribution in [0.4, 0.5) is 0 Å². The summed E-state index contributed by atoms with van der Waals surface area (Å²) in [6.07, 6.45) is 3.19. The molecule has 1 aliphatic rings. The molecule has 1 saturated heterocycles. The molecule has 1 aromatic carbocycles. The van der Waals surface area contributed by atoms with E-state index in [2.05, 4.69) is 10.6 Å². The molecule has 0 saturated carbocycles. The normalized spacial score (nSPS) is 15.5. The Bertz CT molecular complexity index is 614. The van der Waals surface area contributed by atoms with Crippen LogP contribution in [0.15, 0.2) is 29.2 Å². The molecule has 1 aromatic rings.